The quantitative estimate of drug-likeness (QED) is 0.521. The van der Waals surface area contributed by atoms with Crippen LogP contribution in [0.1, 0.15) is 12.6 Å². The Morgan fingerprint density at radius 2 is 1.89 bits per heavy atom. The van der Waals surface area contributed by atoms with Crippen molar-refractivity contribution in [1.29, 1.82) is 0 Å². The Bertz CT molecular complexity index is 568. The summed E-state index contributed by atoms with van der Waals surface area (Å²) in [7, 11) is 0. The molecule has 19 heavy (non-hydrogen) atoms. The van der Waals surface area contributed by atoms with Crippen LogP contribution in [0.3, 0.4) is 0 Å². The van der Waals surface area contributed by atoms with E-state index in [4.69, 9.17) is 4.84 Å². The van der Waals surface area contributed by atoms with Gasteiger partial charge in [0, 0.05) is 11.9 Å². The van der Waals surface area contributed by atoms with Crippen LogP contribution >= 0.6 is 0 Å². The van der Waals surface area contributed by atoms with E-state index in [2.05, 4.69) is 15.5 Å². The van der Waals surface area contributed by atoms with Gasteiger partial charge in [-0.15, -0.1) is 0 Å². The van der Waals surface area contributed by atoms with Gasteiger partial charge in [0.1, 0.15) is 5.71 Å². The molecule has 2 aromatic rings. The number of nitrogens with zero attached hydrogens (tertiary/aromatic N) is 2. The molecule has 1 amide bonds. The molecule has 0 bridgehead atoms. The Morgan fingerprint density at radius 1 is 1.16 bits per heavy atom. The van der Waals surface area contributed by atoms with E-state index in [-0.39, 0.29) is 0 Å². The molecule has 0 aliphatic carbocycles. The van der Waals surface area contributed by atoms with E-state index in [9.17, 15) is 4.79 Å². The van der Waals surface area contributed by atoms with Gasteiger partial charge in [0.25, 0.3) is 0 Å². The molecule has 0 spiro atoms. The van der Waals surface area contributed by atoms with Crippen molar-refractivity contribution >= 4 is 17.5 Å². The highest BCUT2D eigenvalue weighted by molar-refractivity contribution is 5.97. The van der Waals surface area contributed by atoms with Crippen LogP contribution in [-0.4, -0.2) is 16.8 Å². The van der Waals surface area contributed by atoms with Crippen molar-refractivity contribution in [3.8, 4) is 0 Å². The van der Waals surface area contributed by atoms with Gasteiger partial charge in [-0.05, 0) is 31.2 Å². The Balaban J connectivity index is 1.93. The molecule has 0 radical (unpaired) electrons. The Hall–Kier alpha value is -2.69. The molecule has 1 aromatic heterocycles. The second-order valence-corrected chi connectivity index (χ2v) is 3.76. The number of benzene rings is 1. The summed E-state index contributed by atoms with van der Waals surface area (Å²) >= 11 is 0. The highest BCUT2D eigenvalue weighted by Gasteiger charge is 2.04. The van der Waals surface area contributed by atoms with E-state index in [1.807, 2.05) is 24.3 Å². The third-order valence-electron chi connectivity index (χ3n) is 2.32. The van der Waals surface area contributed by atoms with Crippen LogP contribution in [0.4, 0.5) is 10.5 Å². The molecule has 2 rings (SSSR count). The minimum Gasteiger partial charge on any atom is -0.297 e. The zero-order valence-corrected chi connectivity index (χ0v) is 10.4. The number of para-hydroxylation sites is 1. The van der Waals surface area contributed by atoms with Gasteiger partial charge in [0.2, 0.25) is 0 Å². The molecular weight excluding hydrogens is 242 g/mol. The van der Waals surface area contributed by atoms with Gasteiger partial charge in [0.05, 0.1) is 5.69 Å². The number of hydrogen-bond donors (Lipinski definition) is 1. The lowest BCUT2D eigenvalue weighted by molar-refractivity contribution is 0.166. The zero-order valence-electron chi connectivity index (χ0n) is 10.4. The van der Waals surface area contributed by atoms with Gasteiger partial charge >= 0.3 is 6.09 Å². The van der Waals surface area contributed by atoms with Crippen molar-refractivity contribution in [3.05, 3.63) is 60.4 Å². The van der Waals surface area contributed by atoms with Gasteiger partial charge in [-0.1, -0.05) is 29.4 Å². The maximum absolute atomic E-state index is 11.5. The Labute approximate surface area is 110 Å². The fraction of sp³-hybridized carbons (Fsp3) is 0.0714. The molecule has 1 aromatic carbocycles. The summed E-state index contributed by atoms with van der Waals surface area (Å²) in [6.07, 6.45) is 1.01. The number of rotatable bonds is 3. The lowest BCUT2D eigenvalue weighted by Gasteiger charge is -2.03. The van der Waals surface area contributed by atoms with Crippen LogP contribution in [0.2, 0.25) is 0 Å². The van der Waals surface area contributed by atoms with Crippen LogP contribution < -0.4 is 5.32 Å². The second-order valence-electron chi connectivity index (χ2n) is 3.76. The van der Waals surface area contributed by atoms with Gasteiger partial charge in [-0.3, -0.25) is 15.1 Å². The molecule has 0 aliphatic heterocycles. The van der Waals surface area contributed by atoms with Crippen molar-refractivity contribution in [1.82, 2.24) is 4.98 Å². The number of aromatic nitrogens is 1. The fourth-order valence-electron chi connectivity index (χ4n) is 1.40. The Morgan fingerprint density at radius 3 is 2.58 bits per heavy atom. The lowest BCUT2D eigenvalue weighted by atomic mass is 10.3. The zero-order chi connectivity index (χ0) is 13.5. The van der Waals surface area contributed by atoms with Crippen LogP contribution in [0.5, 0.6) is 0 Å². The molecule has 0 saturated carbocycles. The standard InChI is InChI=1S/C14H13N3O2/c1-11(13-9-5-6-10-15-13)17-19-14(18)16-12-7-3-2-4-8-12/h2-10H,1H3,(H,16,18)/b17-11-. The van der Waals surface area contributed by atoms with E-state index in [1.165, 1.54) is 0 Å². The molecule has 96 valence electrons. The third kappa shape index (κ3) is 3.92. The highest BCUT2D eigenvalue weighted by Crippen LogP contribution is 2.05. The largest absolute Gasteiger partial charge is 0.437 e. The number of amides is 1. The van der Waals surface area contributed by atoms with E-state index >= 15 is 0 Å². The SMILES string of the molecule is C/C(=N/OC(=O)Nc1ccccc1)c1ccccn1. The monoisotopic (exact) mass is 255 g/mol. The van der Waals surface area contributed by atoms with Crippen molar-refractivity contribution in [3.63, 3.8) is 0 Å². The van der Waals surface area contributed by atoms with E-state index in [0.717, 1.165) is 0 Å². The number of pyridine rings is 1. The summed E-state index contributed by atoms with van der Waals surface area (Å²) in [5, 5.41) is 6.29. The topological polar surface area (TPSA) is 63.6 Å². The van der Waals surface area contributed by atoms with E-state index in [0.29, 0.717) is 17.1 Å². The van der Waals surface area contributed by atoms with Crippen LogP contribution in [0.15, 0.2) is 59.9 Å². The highest BCUT2D eigenvalue weighted by atomic mass is 16.7. The molecule has 0 saturated heterocycles. The summed E-state index contributed by atoms with van der Waals surface area (Å²) in [5.41, 5.74) is 1.84. The average Bonchev–Trinajstić information content (AvgIpc) is 2.47. The minimum absolute atomic E-state index is 0.531. The summed E-state index contributed by atoms with van der Waals surface area (Å²) in [5.74, 6) is 0. The minimum atomic E-state index is -0.638. The molecule has 0 atom stereocenters. The smallest absolute Gasteiger partial charge is 0.297 e. The van der Waals surface area contributed by atoms with Crippen LogP contribution in [0, 0.1) is 0 Å². The van der Waals surface area contributed by atoms with Crippen LogP contribution in [0.25, 0.3) is 0 Å². The van der Waals surface area contributed by atoms with Gasteiger partial charge < -0.3 is 0 Å². The molecule has 0 fully saturated rings. The van der Waals surface area contributed by atoms with Crippen molar-refractivity contribution in [2.75, 3.05) is 5.32 Å². The molecule has 5 heteroatoms. The molecule has 0 unspecified atom stereocenters. The maximum Gasteiger partial charge on any atom is 0.437 e. The van der Waals surface area contributed by atoms with Crippen molar-refractivity contribution < 1.29 is 9.63 Å². The average molecular weight is 255 g/mol. The van der Waals surface area contributed by atoms with E-state index in [1.54, 1.807) is 37.4 Å². The number of carbonyl (C=O) groups excluding carboxylic acids is 1. The number of nitrogens with one attached hydrogen (secondary N) is 1. The van der Waals surface area contributed by atoms with Crippen LogP contribution in [-0.2, 0) is 4.84 Å². The predicted molar refractivity (Wildman–Crippen MR) is 73.0 cm³/mol. The molecular formula is C14H13N3O2. The first kappa shape index (κ1) is 12.8. The van der Waals surface area contributed by atoms with Crippen molar-refractivity contribution in [2.45, 2.75) is 6.92 Å². The van der Waals surface area contributed by atoms with Crippen molar-refractivity contribution in [2.24, 2.45) is 5.16 Å². The molecule has 5 nitrogen and oxygen atoms in total. The molecule has 1 heterocycles. The first-order chi connectivity index (χ1) is 9.25. The summed E-state index contributed by atoms with van der Waals surface area (Å²) in [6.45, 7) is 1.72. The molecule has 1 N–H and O–H groups in total. The van der Waals surface area contributed by atoms with Gasteiger partial charge in [-0.2, -0.15) is 0 Å². The molecule has 0 aliphatic rings. The summed E-state index contributed by atoms with van der Waals surface area (Å²) in [4.78, 5) is 20.3. The lowest BCUT2D eigenvalue weighted by Crippen LogP contribution is -2.12. The first-order valence-electron chi connectivity index (χ1n) is 5.75. The second kappa shape index (κ2) is 6.30. The predicted octanol–water partition coefficient (Wildman–Crippen LogP) is 3.05. The summed E-state index contributed by atoms with van der Waals surface area (Å²) < 4.78 is 0. The normalized spacial score (nSPS) is 10.9. The number of hydrogen-bond acceptors (Lipinski definition) is 4. The van der Waals surface area contributed by atoms with Gasteiger partial charge in [-0.25, -0.2) is 4.79 Å². The maximum atomic E-state index is 11.5. The summed E-state index contributed by atoms with van der Waals surface area (Å²) in [6, 6.07) is 14.4. The number of anilines is 1. The van der Waals surface area contributed by atoms with Gasteiger partial charge in [0.15, 0.2) is 0 Å². The number of carbonyl (C=O) groups is 1. The Kier molecular flexibility index (Phi) is 4.23. The van der Waals surface area contributed by atoms with E-state index < -0.39 is 6.09 Å². The number of oxime groups is 1. The first-order valence-corrected chi connectivity index (χ1v) is 5.75. The fourth-order valence-corrected chi connectivity index (χ4v) is 1.40. The third-order valence-corrected chi connectivity index (χ3v) is 2.32.